The SMILES string of the molecule is CCCCCC.Cl.O=C(O)c1ccccc1C(=O)O. The van der Waals surface area contributed by atoms with Crippen LogP contribution < -0.4 is 0 Å². The molecule has 0 aliphatic carbocycles. The van der Waals surface area contributed by atoms with Crippen LogP contribution >= 0.6 is 12.4 Å². The fourth-order valence-corrected chi connectivity index (χ4v) is 1.36. The van der Waals surface area contributed by atoms with E-state index in [1.54, 1.807) is 0 Å². The minimum Gasteiger partial charge on any atom is -0.478 e. The monoisotopic (exact) mass is 288 g/mol. The molecule has 0 spiro atoms. The van der Waals surface area contributed by atoms with Crippen LogP contribution in [0.25, 0.3) is 0 Å². The number of carbonyl (C=O) groups is 2. The Balaban J connectivity index is 0. The zero-order valence-electron chi connectivity index (χ0n) is 11.3. The van der Waals surface area contributed by atoms with Crippen molar-refractivity contribution in [2.45, 2.75) is 39.5 Å². The molecule has 0 unspecified atom stereocenters. The van der Waals surface area contributed by atoms with Crippen molar-refractivity contribution in [1.29, 1.82) is 0 Å². The molecule has 0 saturated heterocycles. The molecule has 2 N–H and O–H groups in total. The van der Waals surface area contributed by atoms with Crippen LogP contribution in [-0.4, -0.2) is 22.2 Å². The highest BCUT2D eigenvalue weighted by atomic mass is 35.5. The average Bonchev–Trinajstić information content (AvgIpc) is 2.37. The molecule has 0 fully saturated rings. The van der Waals surface area contributed by atoms with Gasteiger partial charge in [0.25, 0.3) is 0 Å². The number of aromatic carboxylic acids is 2. The quantitative estimate of drug-likeness (QED) is 0.800. The Morgan fingerprint density at radius 3 is 1.42 bits per heavy atom. The van der Waals surface area contributed by atoms with E-state index < -0.39 is 11.9 Å². The third-order valence-corrected chi connectivity index (χ3v) is 2.34. The third-order valence-electron chi connectivity index (χ3n) is 2.34. The Kier molecular flexibility index (Phi) is 12.0. The predicted octanol–water partition coefficient (Wildman–Crippen LogP) is 4.09. The fourth-order valence-electron chi connectivity index (χ4n) is 1.36. The first-order chi connectivity index (χ1) is 8.54. The van der Waals surface area contributed by atoms with Gasteiger partial charge in [0.1, 0.15) is 0 Å². The summed E-state index contributed by atoms with van der Waals surface area (Å²) in [6, 6.07) is 5.48. The Labute approximate surface area is 119 Å². The largest absolute Gasteiger partial charge is 0.478 e. The molecule has 5 heteroatoms. The first-order valence-corrected chi connectivity index (χ1v) is 6.10. The lowest BCUT2D eigenvalue weighted by Gasteiger charge is -1.98. The molecule has 0 amide bonds. The molecule has 0 radical (unpaired) electrons. The van der Waals surface area contributed by atoms with Crippen molar-refractivity contribution < 1.29 is 19.8 Å². The maximum Gasteiger partial charge on any atom is 0.336 e. The highest BCUT2D eigenvalue weighted by Crippen LogP contribution is 2.07. The topological polar surface area (TPSA) is 74.6 Å². The van der Waals surface area contributed by atoms with E-state index in [-0.39, 0.29) is 23.5 Å². The van der Waals surface area contributed by atoms with Gasteiger partial charge in [0, 0.05) is 0 Å². The summed E-state index contributed by atoms with van der Waals surface area (Å²) in [5.74, 6) is -2.46. The van der Waals surface area contributed by atoms with Gasteiger partial charge in [-0.1, -0.05) is 51.7 Å². The molecule has 0 heterocycles. The van der Waals surface area contributed by atoms with E-state index in [9.17, 15) is 9.59 Å². The second-order valence-electron chi connectivity index (χ2n) is 3.86. The molecule has 0 atom stereocenters. The fraction of sp³-hybridized carbons (Fsp3) is 0.429. The van der Waals surface area contributed by atoms with Crippen molar-refractivity contribution in [3.05, 3.63) is 35.4 Å². The number of hydrogen-bond donors (Lipinski definition) is 2. The summed E-state index contributed by atoms with van der Waals surface area (Å²) in [5.41, 5.74) is -0.380. The molecule has 108 valence electrons. The van der Waals surface area contributed by atoms with Crippen LogP contribution in [0.5, 0.6) is 0 Å². The second-order valence-corrected chi connectivity index (χ2v) is 3.86. The number of rotatable bonds is 5. The van der Waals surface area contributed by atoms with Gasteiger partial charge in [-0.25, -0.2) is 9.59 Å². The lowest BCUT2D eigenvalue weighted by molar-refractivity contribution is 0.0651. The molecule has 4 nitrogen and oxygen atoms in total. The lowest BCUT2D eigenvalue weighted by Crippen LogP contribution is -2.06. The van der Waals surface area contributed by atoms with Crippen molar-refractivity contribution in [3.63, 3.8) is 0 Å². The van der Waals surface area contributed by atoms with Crippen LogP contribution in [0.15, 0.2) is 24.3 Å². The summed E-state index contributed by atoms with van der Waals surface area (Å²) < 4.78 is 0. The number of carboxylic acids is 2. The van der Waals surface area contributed by atoms with E-state index in [1.165, 1.54) is 49.9 Å². The minimum atomic E-state index is -1.23. The standard InChI is InChI=1S/C8H6O4.C6H14.ClH/c9-7(10)5-3-1-2-4-6(5)8(11)12;1-3-5-6-4-2;/h1-4H,(H,9,10)(H,11,12);3-6H2,1-2H3;1H. The molecule has 1 aromatic carbocycles. The third kappa shape index (κ3) is 8.21. The molecule has 0 bridgehead atoms. The van der Waals surface area contributed by atoms with Crippen molar-refractivity contribution in [2.24, 2.45) is 0 Å². The molecule has 0 aliphatic rings. The van der Waals surface area contributed by atoms with E-state index in [0.717, 1.165) is 0 Å². The normalized spacial score (nSPS) is 8.74. The molecule has 19 heavy (non-hydrogen) atoms. The Morgan fingerprint density at radius 1 is 0.895 bits per heavy atom. The maximum atomic E-state index is 10.5. The molecular weight excluding hydrogens is 268 g/mol. The summed E-state index contributed by atoms with van der Waals surface area (Å²) in [6.07, 6.45) is 5.54. The van der Waals surface area contributed by atoms with Crippen molar-refractivity contribution in [3.8, 4) is 0 Å². The second kappa shape index (κ2) is 11.5. The van der Waals surface area contributed by atoms with Gasteiger partial charge in [0.05, 0.1) is 11.1 Å². The zero-order valence-corrected chi connectivity index (χ0v) is 12.1. The van der Waals surface area contributed by atoms with Crippen LogP contribution in [0.1, 0.15) is 60.2 Å². The molecule has 1 rings (SSSR count). The first-order valence-electron chi connectivity index (χ1n) is 6.10. The summed E-state index contributed by atoms with van der Waals surface area (Å²) in [5, 5.41) is 17.1. The van der Waals surface area contributed by atoms with E-state index in [4.69, 9.17) is 10.2 Å². The predicted molar refractivity (Wildman–Crippen MR) is 77.4 cm³/mol. The lowest BCUT2D eigenvalue weighted by atomic mass is 10.1. The summed E-state index contributed by atoms with van der Waals surface area (Å²) >= 11 is 0. The van der Waals surface area contributed by atoms with E-state index >= 15 is 0 Å². The number of unbranched alkanes of at least 4 members (excludes halogenated alkanes) is 3. The van der Waals surface area contributed by atoms with E-state index in [2.05, 4.69) is 13.8 Å². The van der Waals surface area contributed by atoms with E-state index in [0.29, 0.717) is 0 Å². The highest BCUT2D eigenvalue weighted by molar-refractivity contribution is 6.01. The van der Waals surface area contributed by atoms with Gasteiger partial charge in [-0.2, -0.15) is 0 Å². The van der Waals surface area contributed by atoms with Crippen molar-refractivity contribution >= 4 is 24.3 Å². The van der Waals surface area contributed by atoms with Crippen LogP contribution in [0, 0.1) is 0 Å². The maximum absolute atomic E-state index is 10.5. The van der Waals surface area contributed by atoms with Crippen molar-refractivity contribution in [1.82, 2.24) is 0 Å². The van der Waals surface area contributed by atoms with Gasteiger partial charge in [0.2, 0.25) is 0 Å². The van der Waals surface area contributed by atoms with Crippen molar-refractivity contribution in [2.75, 3.05) is 0 Å². The zero-order chi connectivity index (χ0) is 14.0. The summed E-state index contributed by atoms with van der Waals surface area (Å²) in [4.78, 5) is 20.9. The molecule has 0 aromatic heterocycles. The van der Waals surface area contributed by atoms with E-state index in [1.807, 2.05) is 0 Å². The van der Waals surface area contributed by atoms with Gasteiger partial charge in [0.15, 0.2) is 0 Å². The summed E-state index contributed by atoms with van der Waals surface area (Å²) in [7, 11) is 0. The summed E-state index contributed by atoms with van der Waals surface area (Å²) in [6.45, 7) is 4.46. The molecule has 0 saturated carbocycles. The minimum absolute atomic E-state index is 0. The van der Waals surface area contributed by atoms with Crippen LogP contribution in [-0.2, 0) is 0 Å². The van der Waals surface area contributed by atoms with Crippen LogP contribution in [0.2, 0.25) is 0 Å². The highest BCUT2D eigenvalue weighted by Gasteiger charge is 2.13. The van der Waals surface area contributed by atoms with Crippen LogP contribution in [0.3, 0.4) is 0 Å². The smallest absolute Gasteiger partial charge is 0.336 e. The Bertz CT molecular complexity index is 354. The average molecular weight is 289 g/mol. The molecule has 0 aliphatic heterocycles. The van der Waals surface area contributed by atoms with Gasteiger partial charge >= 0.3 is 11.9 Å². The number of halogens is 1. The Hall–Kier alpha value is -1.55. The molecule has 1 aromatic rings. The number of benzene rings is 1. The number of hydrogen-bond acceptors (Lipinski definition) is 2. The van der Waals surface area contributed by atoms with Gasteiger partial charge in [-0.3, -0.25) is 0 Å². The van der Waals surface area contributed by atoms with Gasteiger partial charge in [-0.15, -0.1) is 12.4 Å². The Morgan fingerprint density at radius 2 is 1.21 bits per heavy atom. The number of carboxylic acid groups (broad SMARTS) is 2. The molecular formula is C14H21ClO4. The van der Waals surface area contributed by atoms with Gasteiger partial charge < -0.3 is 10.2 Å². The first kappa shape index (κ1) is 19.8. The van der Waals surface area contributed by atoms with Crippen LogP contribution in [0.4, 0.5) is 0 Å². The van der Waals surface area contributed by atoms with Gasteiger partial charge in [-0.05, 0) is 12.1 Å².